The minimum Gasteiger partial charge on any atom is -0.436 e. The molecule has 43 heavy (non-hydrogen) atoms. The van der Waals surface area contributed by atoms with Crippen molar-refractivity contribution < 1.29 is 17.9 Å². The van der Waals surface area contributed by atoms with E-state index in [0.29, 0.717) is 33.6 Å². The Balaban J connectivity index is 1.77. The lowest BCUT2D eigenvalue weighted by Gasteiger charge is -2.20. The van der Waals surface area contributed by atoms with Crippen molar-refractivity contribution in [2.75, 3.05) is 18.6 Å². The molecule has 3 heterocycles. The van der Waals surface area contributed by atoms with Crippen LogP contribution < -0.4 is 26.1 Å². The summed E-state index contributed by atoms with van der Waals surface area (Å²) in [5.74, 6) is -0.000101. The number of aromatic nitrogens is 4. The van der Waals surface area contributed by atoms with Crippen LogP contribution in [-0.4, -0.2) is 53.4 Å². The van der Waals surface area contributed by atoms with E-state index in [1.807, 2.05) is 24.6 Å². The summed E-state index contributed by atoms with van der Waals surface area (Å²) in [6.45, 7) is 3.67. The van der Waals surface area contributed by atoms with E-state index in [0.717, 1.165) is 11.8 Å². The van der Waals surface area contributed by atoms with Gasteiger partial charge < -0.3 is 15.8 Å². The molecule has 1 atom stereocenters. The minimum atomic E-state index is -3.85. The van der Waals surface area contributed by atoms with Gasteiger partial charge in [-0.15, -0.1) is 0 Å². The summed E-state index contributed by atoms with van der Waals surface area (Å²) in [6.07, 6.45) is 5.10. The number of carbonyl (C=O) groups excluding carboxylic acids is 1. The van der Waals surface area contributed by atoms with Crippen molar-refractivity contribution in [3.63, 3.8) is 0 Å². The van der Waals surface area contributed by atoms with E-state index >= 15 is 0 Å². The molecule has 15 heteroatoms. The quantitative estimate of drug-likeness (QED) is 0.142. The number of sulfonamides is 1. The van der Waals surface area contributed by atoms with Gasteiger partial charge in [-0.3, -0.25) is 19.1 Å². The molecule has 1 amide bonds. The second-order valence-electron chi connectivity index (χ2n) is 9.59. The van der Waals surface area contributed by atoms with E-state index in [1.54, 1.807) is 32.3 Å². The van der Waals surface area contributed by atoms with Crippen LogP contribution in [0, 0.1) is 6.92 Å². The number of allylic oxidation sites excluding steroid dienone is 1. The molecule has 0 radical (unpaired) electrons. The van der Waals surface area contributed by atoms with Crippen molar-refractivity contribution in [3.05, 3.63) is 86.9 Å². The first-order valence-electron chi connectivity index (χ1n) is 12.8. The number of benzene rings is 1. The molecule has 1 aromatic carbocycles. The summed E-state index contributed by atoms with van der Waals surface area (Å²) in [6, 6.07) is 9.44. The number of halogens is 1. The number of anilines is 1. The molecule has 0 aliphatic heterocycles. The molecule has 13 nitrogen and oxygen atoms in total. The number of nitrogens with two attached hydrogens (primary N) is 1. The number of hydrogen-bond acceptors (Lipinski definition) is 11. The first-order chi connectivity index (χ1) is 20.3. The molecule has 0 fully saturated rings. The van der Waals surface area contributed by atoms with Crippen LogP contribution in [0.5, 0.6) is 5.88 Å². The third kappa shape index (κ3) is 7.16. The molecule has 0 saturated carbocycles. The van der Waals surface area contributed by atoms with Gasteiger partial charge in [0.1, 0.15) is 11.0 Å². The van der Waals surface area contributed by atoms with Gasteiger partial charge >= 0.3 is 0 Å². The van der Waals surface area contributed by atoms with E-state index < -0.39 is 22.0 Å². The van der Waals surface area contributed by atoms with Gasteiger partial charge in [0.2, 0.25) is 15.9 Å². The predicted octanol–water partition coefficient (Wildman–Crippen LogP) is 3.09. The Hall–Kier alpha value is -4.82. The summed E-state index contributed by atoms with van der Waals surface area (Å²) >= 11 is 6.01. The minimum absolute atomic E-state index is 0.00598. The largest absolute Gasteiger partial charge is 0.436 e. The molecular weight excluding hydrogens is 596 g/mol. The molecule has 3 aromatic heterocycles. The second-order valence-corrected chi connectivity index (χ2v) is 11.7. The molecule has 4 aromatic rings. The van der Waals surface area contributed by atoms with Crippen molar-refractivity contribution in [2.24, 2.45) is 17.8 Å². The highest BCUT2D eigenvalue weighted by atomic mass is 35.5. The van der Waals surface area contributed by atoms with Crippen LogP contribution in [0.3, 0.4) is 0 Å². The SMILES string of the molecule is CN=C/C(=C\N)Oc1ccc(-c2nc3c([C@@H](C)Nc4ccc(Cl)nc4C(=O)NS(C)(=O)=O)cc(C)cc3c(=O)n2C)cn1. The maximum absolute atomic E-state index is 13.5. The van der Waals surface area contributed by atoms with Gasteiger partial charge in [0.15, 0.2) is 11.5 Å². The smallest absolute Gasteiger partial charge is 0.285 e. The summed E-state index contributed by atoms with van der Waals surface area (Å²) in [4.78, 5) is 43.3. The van der Waals surface area contributed by atoms with Crippen LogP contribution in [0.4, 0.5) is 5.69 Å². The molecule has 0 unspecified atom stereocenters. The molecule has 0 aliphatic carbocycles. The monoisotopic (exact) mass is 624 g/mol. The van der Waals surface area contributed by atoms with Crippen molar-refractivity contribution in [3.8, 4) is 17.3 Å². The number of nitrogens with one attached hydrogen (secondary N) is 2. The Morgan fingerprint density at radius 1 is 1.21 bits per heavy atom. The summed E-state index contributed by atoms with van der Waals surface area (Å²) in [5, 5.41) is 3.59. The van der Waals surface area contributed by atoms with Gasteiger partial charge in [-0.05, 0) is 43.7 Å². The summed E-state index contributed by atoms with van der Waals surface area (Å²) in [5.41, 5.74) is 7.77. The van der Waals surface area contributed by atoms with Crippen LogP contribution in [0.1, 0.15) is 34.6 Å². The fourth-order valence-electron chi connectivity index (χ4n) is 4.32. The Morgan fingerprint density at radius 2 is 1.95 bits per heavy atom. The standard InChI is InChI=1S/C28H29ClN8O5S/c1-15-10-19(16(2)33-21-7-8-22(29)34-25(21)27(38)36-43(5,40)41)24-20(11-15)28(39)37(4)26(35-24)17-6-9-23(32-13-17)42-18(12-30)14-31-3/h6-14,16,33H,30H2,1-5H3,(H,36,38)/b18-12+,31-14?/t16-/m1/s1. The fraction of sp³-hybridized carbons (Fsp3) is 0.214. The molecule has 4 N–H and O–H groups in total. The summed E-state index contributed by atoms with van der Waals surface area (Å²) < 4.78 is 32.3. The molecular formula is C28H29ClN8O5S. The van der Waals surface area contributed by atoms with Crippen molar-refractivity contribution in [1.29, 1.82) is 0 Å². The highest BCUT2D eigenvalue weighted by Gasteiger charge is 2.22. The molecule has 0 bridgehead atoms. The number of hydrogen-bond donors (Lipinski definition) is 3. The molecule has 0 aliphatic rings. The van der Waals surface area contributed by atoms with Gasteiger partial charge in [-0.25, -0.2) is 28.1 Å². The van der Waals surface area contributed by atoms with E-state index in [-0.39, 0.29) is 28.0 Å². The molecule has 4 rings (SSSR count). The van der Waals surface area contributed by atoms with Crippen molar-refractivity contribution in [1.82, 2.24) is 24.2 Å². The van der Waals surface area contributed by atoms with E-state index in [2.05, 4.69) is 20.3 Å². The average molecular weight is 625 g/mol. The van der Waals surface area contributed by atoms with Gasteiger partial charge in [0.05, 0.1) is 35.1 Å². The topological polar surface area (TPSA) is 184 Å². The Bertz CT molecular complexity index is 1940. The number of pyridine rings is 2. The number of nitrogens with zero attached hydrogens (tertiary/aromatic N) is 5. The number of aliphatic imine (C=N–C) groups is 1. The Kier molecular flexibility index (Phi) is 9.11. The van der Waals surface area contributed by atoms with Crippen LogP contribution in [-0.2, 0) is 17.1 Å². The zero-order chi connectivity index (χ0) is 31.5. The van der Waals surface area contributed by atoms with Crippen LogP contribution in [0.2, 0.25) is 5.15 Å². The Morgan fingerprint density at radius 3 is 2.58 bits per heavy atom. The number of carbonyl (C=O) groups is 1. The average Bonchev–Trinajstić information content (AvgIpc) is 2.95. The lowest BCUT2D eigenvalue weighted by molar-refractivity contribution is 0.0977. The van der Waals surface area contributed by atoms with E-state index in [1.165, 1.54) is 35.3 Å². The lowest BCUT2D eigenvalue weighted by atomic mass is 10.0. The third-order valence-corrected chi connectivity index (χ3v) is 6.95. The predicted molar refractivity (Wildman–Crippen MR) is 166 cm³/mol. The summed E-state index contributed by atoms with van der Waals surface area (Å²) in [7, 11) is -0.646. The van der Waals surface area contributed by atoms with Crippen LogP contribution in [0.15, 0.2) is 64.3 Å². The van der Waals surface area contributed by atoms with E-state index in [4.69, 9.17) is 27.1 Å². The molecule has 224 valence electrons. The zero-order valence-corrected chi connectivity index (χ0v) is 25.5. The number of amides is 1. The fourth-order valence-corrected chi connectivity index (χ4v) is 4.90. The first-order valence-corrected chi connectivity index (χ1v) is 15.0. The van der Waals surface area contributed by atoms with Crippen molar-refractivity contribution in [2.45, 2.75) is 19.9 Å². The maximum Gasteiger partial charge on any atom is 0.285 e. The van der Waals surface area contributed by atoms with Gasteiger partial charge in [-0.2, -0.15) is 0 Å². The Labute approximate surface area is 252 Å². The third-order valence-electron chi connectivity index (χ3n) is 6.18. The van der Waals surface area contributed by atoms with E-state index in [9.17, 15) is 18.0 Å². The number of rotatable bonds is 9. The first kappa shape index (κ1) is 31.1. The zero-order valence-electron chi connectivity index (χ0n) is 23.9. The van der Waals surface area contributed by atoms with Gasteiger partial charge in [-0.1, -0.05) is 17.7 Å². The number of fused-ring (bicyclic) bond motifs is 1. The maximum atomic E-state index is 13.5. The van der Waals surface area contributed by atoms with Crippen LogP contribution in [0.25, 0.3) is 22.3 Å². The highest BCUT2D eigenvalue weighted by Crippen LogP contribution is 2.29. The number of aryl methyl sites for hydroxylation is 1. The normalized spacial score (nSPS) is 12.8. The molecule has 0 spiro atoms. The number of ether oxygens (including phenoxy) is 1. The van der Waals surface area contributed by atoms with Gasteiger partial charge in [0.25, 0.3) is 11.5 Å². The molecule has 0 saturated heterocycles. The highest BCUT2D eigenvalue weighted by molar-refractivity contribution is 7.89. The van der Waals surface area contributed by atoms with Gasteiger partial charge in [0, 0.05) is 43.7 Å². The lowest BCUT2D eigenvalue weighted by Crippen LogP contribution is -2.31. The van der Waals surface area contributed by atoms with Crippen molar-refractivity contribution >= 4 is 50.3 Å². The van der Waals surface area contributed by atoms with Crippen LogP contribution >= 0.6 is 11.6 Å². The second kappa shape index (κ2) is 12.6.